The van der Waals surface area contributed by atoms with Gasteiger partial charge in [0.25, 0.3) is 5.91 Å². The second-order valence-corrected chi connectivity index (χ2v) is 10.7. The average molecular weight is 562 g/mol. The Morgan fingerprint density at radius 3 is 2.67 bits per heavy atom. The molecule has 0 radical (unpaired) electrons. The minimum atomic E-state index is -1.25. The van der Waals surface area contributed by atoms with Crippen LogP contribution >= 0.6 is 11.6 Å². The monoisotopic (exact) mass is 561 g/mol. The van der Waals surface area contributed by atoms with Gasteiger partial charge in [0.2, 0.25) is 0 Å². The lowest BCUT2D eigenvalue weighted by Gasteiger charge is -2.40. The molecule has 1 amide bonds. The maximum absolute atomic E-state index is 15.5. The molecule has 0 spiro atoms. The summed E-state index contributed by atoms with van der Waals surface area (Å²) in [5.41, 5.74) is 2.45. The summed E-state index contributed by atoms with van der Waals surface area (Å²) in [7, 11) is 1.60. The molecule has 0 bridgehead atoms. The molecule has 0 N–H and O–H groups in total. The van der Waals surface area contributed by atoms with E-state index in [0.29, 0.717) is 16.9 Å². The van der Waals surface area contributed by atoms with Crippen LogP contribution in [0.3, 0.4) is 0 Å². The average Bonchev–Trinajstić information content (AvgIpc) is 3.56. The van der Waals surface area contributed by atoms with Gasteiger partial charge in [-0.15, -0.1) is 0 Å². The predicted molar refractivity (Wildman–Crippen MR) is 148 cm³/mol. The van der Waals surface area contributed by atoms with Crippen LogP contribution in [0.25, 0.3) is 11.1 Å². The molecule has 2 unspecified atom stereocenters. The number of benzene rings is 2. The molecule has 1 fully saturated rings. The van der Waals surface area contributed by atoms with E-state index in [4.69, 9.17) is 21.1 Å². The summed E-state index contributed by atoms with van der Waals surface area (Å²) in [6.07, 6.45) is 7.91. The van der Waals surface area contributed by atoms with Crippen LogP contribution in [0.1, 0.15) is 72.6 Å². The second-order valence-electron chi connectivity index (χ2n) is 10.3. The molecule has 0 aliphatic carbocycles. The maximum atomic E-state index is 15.5. The van der Waals surface area contributed by atoms with Crippen LogP contribution in [0.2, 0.25) is 5.15 Å². The van der Waals surface area contributed by atoms with E-state index in [0.717, 1.165) is 42.6 Å². The molecule has 10 heteroatoms. The van der Waals surface area contributed by atoms with Crippen molar-refractivity contribution < 1.29 is 18.7 Å². The number of hydrogen-bond donors (Lipinski definition) is 0. The van der Waals surface area contributed by atoms with Gasteiger partial charge in [0, 0.05) is 23.9 Å². The first-order valence-electron chi connectivity index (χ1n) is 13.3. The molecular formula is C30H29ClFN5O3. The summed E-state index contributed by atoms with van der Waals surface area (Å²) >= 11 is 6.10. The molecule has 4 heterocycles. The van der Waals surface area contributed by atoms with Crippen LogP contribution in [0.4, 0.5) is 4.39 Å². The lowest BCUT2D eigenvalue weighted by molar-refractivity contribution is -0.0394. The molecule has 2 aliphatic rings. The van der Waals surface area contributed by atoms with E-state index >= 15 is 4.39 Å². The number of carbonyl (C=O) groups is 1. The highest BCUT2D eigenvalue weighted by Crippen LogP contribution is 2.49. The summed E-state index contributed by atoms with van der Waals surface area (Å²) in [4.78, 5) is 24.0. The van der Waals surface area contributed by atoms with Gasteiger partial charge in [-0.1, -0.05) is 35.9 Å². The van der Waals surface area contributed by atoms with Gasteiger partial charge >= 0.3 is 0 Å². The van der Waals surface area contributed by atoms with Crippen molar-refractivity contribution >= 4 is 17.5 Å². The number of amides is 1. The van der Waals surface area contributed by atoms with E-state index in [2.05, 4.69) is 15.1 Å². The van der Waals surface area contributed by atoms with Crippen LogP contribution in [0, 0.1) is 5.82 Å². The van der Waals surface area contributed by atoms with Crippen molar-refractivity contribution in [2.24, 2.45) is 0 Å². The Kier molecular flexibility index (Phi) is 6.80. The first-order valence-corrected chi connectivity index (χ1v) is 13.7. The van der Waals surface area contributed by atoms with Crippen molar-refractivity contribution in [2.75, 3.05) is 13.7 Å². The van der Waals surface area contributed by atoms with Gasteiger partial charge in [-0.3, -0.25) is 4.79 Å². The number of rotatable bonds is 6. The molecule has 4 aromatic rings. The van der Waals surface area contributed by atoms with Crippen molar-refractivity contribution in [2.45, 2.75) is 50.9 Å². The van der Waals surface area contributed by atoms with Crippen molar-refractivity contribution in [1.29, 1.82) is 0 Å². The fourth-order valence-corrected chi connectivity index (χ4v) is 6.02. The zero-order chi connectivity index (χ0) is 28.0. The third kappa shape index (κ3) is 4.24. The molecule has 8 nitrogen and oxygen atoms in total. The quantitative estimate of drug-likeness (QED) is 0.256. The molecule has 40 heavy (non-hydrogen) atoms. The van der Waals surface area contributed by atoms with Gasteiger partial charge in [0.15, 0.2) is 11.0 Å². The van der Waals surface area contributed by atoms with Crippen LogP contribution in [0.15, 0.2) is 61.2 Å². The molecule has 3 atom stereocenters. The smallest absolute Gasteiger partial charge is 0.255 e. The van der Waals surface area contributed by atoms with Crippen molar-refractivity contribution in [3.05, 3.63) is 94.5 Å². The molecular weight excluding hydrogens is 533 g/mol. The Labute approximate surface area is 236 Å². The van der Waals surface area contributed by atoms with E-state index in [9.17, 15) is 4.79 Å². The lowest BCUT2D eigenvalue weighted by Crippen LogP contribution is -2.45. The van der Waals surface area contributed by atoms with E-state index in [1.54, 1.807) is 25.1 Å². The van der Waals surface area contributed by atoms with Crippen LogP contribution in [0.5, 0.6) is 5.75 Å². The summed E-state index contributed by atoms with van der Waals surface area (Å²) < 4.78 is 28.6. The molecule has 1 saturated heterocycles. The molecule has 2 aromatic carbocycles. The van der Waals surface area contributed by atoms with Crippen LogP contribution in [-0.4, -0.2) is 44.3 Å². The normalized spacial score (nSPS) is 21.4. The van der Waals surface area contributed by atoms with E-state index in [-0.39, 0.29) is 23.0 Å². The number of ether oxygens (including phenoxy) is 2. The van der Waals surface area contributed by atoms with Gasteiger partial charge in [-0.05, 0) is 68.0 Å². The standard InChI is InChI=1S/C30H29ClFN5O3/c1-18(19-7-10-22(39-3)11-8-19)37-29(38)23-14-20(21-15-35-36(16-21)25-6-4-5-13-40-25)9-12-24(23)30(37,2)27-26(32)28(31)34-17-33-27/h7-12,14-18,25H,4-6,13H2,1-3H3/t18-,25?,30?/m1/s1. The molecule has 2 aromatic heterocycles. The fourth-order valence-electron chi connectivity index (χ4n) is 5.89. The van der Waals surface area contributed by atoms with E-state index in [1.807, 2.05) is 60.3 Å². The highest BCUT2D eigenvalue weighted by atomic mass is 35.5. The first kappa shape index (κ1) is 26.4. The SMILES string of the molecule is COc1ccc([C@@H](C)N2C(=O)c3cc(-c4cnn(C5CCCCO5)c4)ccc3C2(C)c2ncnc(Cl)c2F)cc1. The number of hydrogen-bond acceptors (Lipinski definition) is 6. The maximum Gasteiger partial charge on any atom is 0.255 e. The Balaban J connectivity index is 1.45. The topological polar surface area (TPSA) is 82.4 Å². The minimum absolute atomic E-state index is 0.0370. The molecule has 0 saturated carbocycles. The minimum Gasteiger partial charge on any atom is -0.497 e. The number of aromatic nitrogens is 4. The fraction of sp³-hybridized carbons (Fsp3) is 0.333. The van der Waals surface area contributed by atoms with Gasteiger partial charge in [0.1, 0.15) is 29.5 Å². The number of carbonyl (C=O) groups excluding carboxylic acids is 1. The van der Waals surface area contributed by atoms with Gasteiger partial charge in [-0.25, -0.2) is 19.0 Å². The summed E-state index contributed by atoms with van der Waals surface area (Å²) in [6.45, 7) is 4.44. The second kappa shape index (κ2) is 10.3. The Bertz CT molecular complexity index is 1570. The third-order valence-corrected chi connectivity index (χ3v) is 8.32. The first-order chi connectivity index (χ1) is 19.3. The number of nitrogens with zero attached hydrogens (tertiary/aromatic N) is 5. The third-order valence-electron chi connectivity index (χ3n) is 8.05. The number of fused-ring (bicyclic) bond motifs is 1. The van der Waals surface area contributed by atoms with Crippen molar-refractivity contribution in [3.63, 3.8) is 0 Å². The summed E-state index contributed by atoms with van der Waals surface area (Å²) in [5.74, 6) is -0.288. The molecule has 2 aliphatic heterocycles. The zero-order valence-electron chi connectivity index (χ0n) is 22.5. The largest absolute Gasteiger partial charge is 0.497 e. The van der Waals surface area contributed by atoms with E-state index < -0.39 is 17.4 Å². The zero-order valence-corrected chi connectivity index (χ0v) is 23.2. The van der Waals surface area contributed by atoms with Gasteiger partial charge in [0.05, 0.1) is 19.3 Å². The van der Waals surface area contributed by atoms with Gasteiger partial charge < -0.3 is 14.4 Å². The predicted octanol–water partition coefficient (Wildman–Crippen LogP) is 6.32. The highest BCUT2D eigenvalue weighted by molar-refractivity contribution is 6.29. The van der Waals surface area contributed by atoms with Crippen molar-refractivity contribution in [1.82, 2.24) is 24.6 Å². The Morgan fingerprint density at radius 1 is 1.15 bits per heavy atom. The van der Waals surface area contributed by atoms with E-state index in [1.165, 1.54) is 6.33 Å². The number of halogens is 2. The lowest BCUT2D eigenvalue weighted by atomic mass is 9.85. The Hall–Kier alpha value is -3.82. The van der Waals surface area contributed by atoms with Crippen molar-refractivity contribution in [3.8, 4) is 16.9 Å². The van der Waals surface area contributed by atoms with Crippen LogP contribution in [-0.2, 0) is 10.3 Å². The number of methoxy groups -OCH3 is 1. The van der Waals surface area contributed by atoms with Gasteiger partial charge in [-0.2, -0.15) is 5.10 Å². The summed E-state index contributed by atoms with van der Waals surface area (Å²) in [6, 6.07) is 12.7. The van der Waals surface area contributed by atoms with Crippen LogP contribution < -0.4 is 4.74 Å². The molecule has 206 valence electrons. The molecule has 6 rings (SSSR count). The highest BCUT2D eigenvalue weighted by Gasteiger charge is 2.52. The summed E-state index contributed by atoms with van der Waals surface area (Å²) in [5, 5.41) is 4.23. The Morgan fingerprint density at radius 2 is 1.95 bits per heavy atom.